The summed E-state index contributed by atoms with van der Waals surface area (Å²) >= 11 is 0. The molecular formula is C29H31FN4O2. The summed E-state index contributed by atoms with van der Waals surface area (Å²) in [4.78, 5) is 20.2. The number of hydrogen-bond donors (Lipinski definition) is 1. The standard InChI is InChI=1S/C29H31FN4O2/c30-26-9-5-4-8-23(26)21-10-11-22-16-24(28(33-27(22)17-21)34-14-12-32-13-15-34)25(18-31)29(35)36-19-20-6-2-1-3-7-20/h4-5,8-11,17,20,32H,1-3,6-7,12-16,19H2/b25-24+. The number of piperazine rings is 1. The Balaban J connectivity index is 1.49. The smallest absolute Gasteiger partial charge is 0.349 e. The van der Waals surface area contributed by atoms with E-state index in [9.17, 15) is 14.4 Å². The summed E-state index contributed by atoms with van der Waals surface area (Å²) in [6.45, 7) is 3.39. The van der Waals surface area contributed by atoms with Gasteiger partial charge in [0.15, 0.2) is 0 Å². The van der Waals surface area contributed by atoms with Gasteiger partial charge >= 0.3 is 5.97 Å². The third kappa shape index (κ3) is 5.19. The fourth-order valence-corrected chi connectivity index (χ4v) is 5.33. The molecule has 0 unspecified atom stereocenters. The van der Waals surface area contributed by atoms with Crippen LogP contribution in [0.3, 0.4) is 0 Å². The average Bonchev–Trinajstić information content (AvgIpc) is 2.93. The first-order chi connectivity index (χ1) is 17.6. The number of rotatable bonds is 4. The van der Waals surface area contributed by atoms with Crippen molar-refractivity contribution in [3.63, 3.8) is 0 Å². The van der Waals surface area contributed by atoms with Gasteiger partial charge in [-0.25, -0.2) is 14.2 Å². The molecule has 1 saturated heterocycles. The van der Waals surface area contributed by atoms with Gasteiger partial charge in [-0.15, -0.1) is 0 Å². The SMILES string of the molecule is N#C/C(C(=O)OCC1CCCCC1)=C1/Cc2ccc(-c3ccccc3F)cc2N=C1N1CCNCC1. The number of carbonyl (C=O) groups excluding carboxylic acids is 1. The quantitative estimate of drug-likeness (QED) is 0.377. The molecule has 5 rings (SSSR count). The van der Waals surface area contributed by atoms with E-state index in [0.717, 1.165) is 55.8 Å². The van der Waals surface area contributed by atoms with Crippen LogP contribution in [0.2, 0.25) is 0 Å². The molecule has 0 radical (unpaired) electrons. The number of halogens is 1. The molecule has 1 saturated carbocycles. The summed E-state index contributed by atoms with van der Waals surface area (Å²) in [5.41, 5.74) is 3.54. The molecule has 3 aliphatic rings. The number of hydrogen-bond acceptors (Lipinski definition) is 6. The zero-order chi connectivity index (χ0) is 24.9. The topological polar surface area (TPSA) is 77.7 Å². The summed E-state index contributed by atoms with van der Waals surface area (Å²) in [7, 11) is 0. The lowest BCUT2D eigenvalue weighted by Crippen LogP contribution is -2.47. The third-order valence-corrected chi connectivity index (χ3v) is 7.34. The van der Waals surface area contributed by atoms with E-state index in [2.05, 4.69) is 16.3 Å². The molecule has 186 valence electrons. The average molecular weight is 487 g/mol. The van der Waals surface area contributed by atoms with Gasteiger partial charge in [-0.2, -0.15) is 5.26 Å². The normalized spacial score (nSPS) is 19.7. The number of nitriles is 1. The predicted octanol–water partition coefficient (Wildman–Crippen LogP) is 4.93. The Kier molecular flexibility index (Phi) is 7.43. The van der Waals surface area contributed by atoms with E-state index >= 15 is 0 Å². The third-order valence-electron chi connectivity index (χ3n) is 7.34. The van der Waals surface area contributed by atoms with Crippen LogP contribution in [0.25, 0.3) is 11.1 Å². The number of carbonyl (C=O) groups is 1. The minimum Gasteiger partial charge on any atom is -0.461 e. The van der Waals surface area contributed by atoms with E-state index < -0.39 is 5.97 Å². The first-order valence-corrected chi connectivity index (χ1v) is 12.9. The van der Waals surface area contributed by atoms with Crippen LogP contribution >= 0.6 is 0 Å². The van der Waals surface area contributed by atoms with Gasteiger partial charge in [0.2, 0.25) is 0 Å². The van der Waals surface area contributed by atoms with Gasteiger partial charge in [0, 0.05) is 43.7 Å². The maximum atomic E-state index is 14.4. The summed E-state index contributed by atoms with van der Waals surface area (Å²) in [5, 5.41) is 13.4. The molecule has 2 aliphatic heterocycles. The fourth-order valence-electron chi connectivity index (χ4n) is 5.33. The number of nitrogens with zero attached hydrogens (tertiary/aromatic N) is 3. The zero-order valence-corrected chi connectivity index (χ0v) is 20.4. The molecule has 0 bridgehead atoms. The van der Waals surface area contributed by atoms with Crippen LogP contribution in [0.4, 0.5) is 10.1 Å². The van der Waals surface area contributed by atoms with E-state index in [-0.39, 0.29) is 11.4 Å². The maximum Gasteiger partial charge on any atom is 0.349 e. The molecule has 2 heterocycles. The Morgan fingerprint density at radius 3 is 2.67 bits per heavy atom. The highest BCUT2D eigenvalue weighted by Gasteiger charge is 2.30. The lowest BCUT2D eigenvalue weighted by molar-refractivity contribution is -0.140. The summed E-state index contributed by atoms with van der Waals surface area (Å²) < 4.78 is 20.1. The summed E-state index contributed by atoms with van der Waals surface area (Å²) in [5.74, 6) is 0.165. The number of fused-ring (bicyclic) bond motifs is 1. The van der Waals surface area contributed by atoms with Gasteiger partial charge in [0.25, 0.3) is 0 Å². The van der Waals surface area contributed by atoms with Crippen LogP contribution in [0.15, 0.2) is 58.6 Å². The number of amidine groups is 1. The minimum absolute atomic E-state index is 0.0342. The highest BCUT2D eigenvalue weighted by atomic mass is 19.1. The van der Waals surface area contributed by atoms with Crippen LogP contribution in [-0.4, -0.2) is 49.5 Å². The maximum absolute atomic E-state index is 14.4. The molecule has 1 N–H and O–H groups in total. The van der Waals surface area contributed by atoms with Crippen molar-refractivity contribution in [1.29, 1.82) is 5.26 Å². The van der Waals surface area contributed by atoms with Gasteiger partial charge < -0.3 is 15.0 Å². The van der Waals surface area contributed by atoms with Crippen LogP contribution in [-0.2, 0) is 16.0 Å². The first kappa shape index (κ1) is 24.2. The van der Waals surface area contributed by atoms with Crippen molar-refractivity contribution in [2.45, 2.75) is 38.5 Å². The van der Waals surface area contributed by atoms with Gasteiger partial charge in [-0.05, 0) is 42.0 Å². The number of benzene rings is 2. The molecule has 1 aliphatic carbocycles. The van der Waals surface area contributed by atoms with Gasteiger partial charge in [-0.3, -0.25) is 0 Å². The number of ether oxygens (including phenoxy) is 1. The minimum atomic E-state index is -0.563. The molecule has 2 fully saturated rings. The molecule has 36 heavy (non-hydrogen) atoms. The van der Waals surface area contributed by atoms with E-state index in [1.165, 1.54) is 25.3 Å². The number of aliphatic imine (C=N–C) groups is 1. The lowest BCUT2D eigenvalue weighted by atomic mass is 9.90. The molecule has 2 aromatic rings. The van der Waals surface area contributed by atoms with Gasteiger partial charge in [0.05, 0.1) is 12.3 Å². The van der Waals surface area contributed by atoms with Crippen molar-refractivity contribution in [2.75, 3.05) is 32.8 Å². The van der Waals surface area contributed by atoms with Crippen LogP contribution < -0.4 is 5.32 Å². The van der Waals surface area contributed by atoms with Crippen molar-refractivity contribution in [2.24, 2.45) is 10.9 Å². The monoisotopic (exact) mass is 486 g/mol. The molecule has 0 spiro atoms. The second-order valence-corrected chi connectivity index (χ2v) is 9.74. The molecule has 2 aromatic carbocycles. The first-order valence-electron chi connectivity index (χ1n) is 12.9. The van der Waals surface area contributed by atoms with Crippen molar-refractivity contribution >= 4 is 17.5 Å². The molecule has 0 atom stereocenters. The van der Waals surface area contributed by atoms with Crippen molar-refractivity contribution < 1.29 is 13.9 Å². The highest BCUT2D eigenvalue weighted by molar-refractivity contribution is 6.10. The Bertz CT molecular complexity index is 1230. The Hall–Kier alpha value is -3.50. The summed E-state index contributed by atoms with van der Waals surface area (Å²) in [6.07, 6.45) is 6.10. The van der Waals surface area contributed by atoms with Gasteiger partial charge in [-0.1, -0.05) is 49.6 Å². The molecule has 0 amide bonds. The van der Waals surface area contributed by atoms with Crippen molar-refractivity contribution in [3.8, 4) is 17.2 Å². The molecule has 0 aromatic heterocycles. The number of nitrogens with one attached hydrogen (secondary N) is 1. The molecular weight excluding hydrogens is 455 g/mol. The number of esters is 1. The van der Waals surface area contributed by atoms with Crippen molar-refractivity contribution in [3.05, 3.63) is 65.0 Å². The largest absolute Gasteiger partial charge is 0.461 e. The molecule has 6 nitrogen and oxygen atoms in total. The second kappa shape index (κ2) is 11.0. The van der Waals surface area contributed by atoms with Crippen LogP contribution in [0.1, 0.15) is 37.7 Å². The van der Waals surface area contributed by atoms with Gasteiger partial charge in [0.1, 0.15) is 23.3 Å². The second-order valence-electron chi connectivity index (χ2n) is 9.74. The van der Waals surface area contributed by atoms with E-state index in [1.54, 1.807) is 12.1 Å². The highest BCUT2D eigenvalue weighted by Crippen LogP contribution is 2.35. The predicted molar refractivity (Wildman–Crippen MR) is 137 cm³/mol. The lowest BCUT2D eigenvalue weighted by Gasteiger charge is -2.34. The Morgan fingerprint density at radius 1 is 1.14 bits per heavy atom. The van der Waals surface area contributed by atoms with E-state index in [0.29, 0.717) is 35.9 Å². The van der Waals surface area contributed by atoms with Crippen LogP contribution in [0, 0.1) is 23.1 Å². The Morgan fingerprint density at radius 2 is 1.92 bits per heavy atom. The zero-order valence-electron chi connectivity index (χ0n) is 20.4. The summed E-state index contributed by atoms with van der Waals surface area (Å²) in [6, 6.07) is 14.5. The molecule has 7 heteroatoms. The van der Waals surface area contributed by atoms with Crippen LogP contribution in [0.5, 0.6) is 0 Å². The Labute approximate surface area is 211 Å². The fraction of sp³-hybridized carbons (Fsp3) is 0.414. The van der Waals surface area contributed by atoms with E-state index in [1.807, 2.05) is 24.3 Å². The van der Waals surface area contributed by atoms with Crippen molar-refractivity contribution in [1.82, 2.24) is 10.2 Å². The van der Waals surface area contributed by atoms with E-state index in [4.69, 9.17) is 9.73 Å².